The first-order valence-electron chi connectivity index (χ1n) is 9.39. The van der Waals surface area contributed by atoms with E-state index in [1.165, 1.54) is 0 Å². The van der Waals surface area contributed by atoms with Crippen molar-refractivity contribution in [3.05, 3.63) is 76.6 Å². The predicted octanol–water partition coefficient (Wildman–Crippen LogP) is 2.38. The van der Waals surface area contributed by atoms with Gasteiger partial charge in [-0.25, -0.2) is 0 Å². The number of benzene rings is 2. The monoisotopic (exact) mass is 375 g/mol. The van der Waals surface area contributed by atoms with Crippen molar-refractivity contribution in [1.29, 1.82) is 0 Å². The first-order valence-corrected chi connectivity index (χ1v) is 9.39. The summed E-state index contributed by atoms with van der Waals surface area (Å²) in [6, 6.07) is 18.2. The van der Waals surface area contributed by atoms with Gasteiger partial charge >= 0.3 is 0 Å². The normalized spacial score (nSPS) is 16.5. The number of anilines is 1. The average molecular weight is 375 g/mol. The molecule has 2 amide bonds. The Bertz CT molecular complexity index is 1080. The molecule has 1 aliphatic heterocycles. The maximum Gasteiger partial charge on any atom is 0.251 e. The predicted molar refractivity (Wildman–Crippen MR) is 108 cm³/mol. The van der Waals surface area contributed by atoms with Crippen LogP contribution in [0.25, 0.3) is 10.9 Å². The third-order valence-electron chi connectivity index (χ3n) is 5.07. The summed E-state index contributed by atoms with van der Waals surface area (Å²) in [6.45, 7) is 0.341. The molecule has 0 spiro atoms. The zero-order valence-electron chi connectivity index (χ0n) is 15.4. The van der Waals surface area contributed by atoms with Gasteiger partial charge in [0, 0.05) is 29.7 Å². The molecule has 2 aromatic carbocycles. The van der Waals surface area contributed by atoms with Gasteiger partial charge in [-0.15, -0.1) is 0 Å². The molecule has 1 unspecified atom stereocenters. The Morgan fingerprint density at radius 2 is 1.82 bits per heavy atom. The third kappa shape index (κ3) is 3.53. The molecule has 1 saturated heterocycles. The van der Waals surface area contributed by atoms with Crippen molar-refractivity contribution >= 4 is 28.4 Å². The SMILES string of the molecule is O=C(NCCc1cc2ccccc2[nH]c1=O)C1CCC(=O)N1c1ccccc1. The number of fused-ring (bicyclic) bond motifs is 1. The molecule has 1 aromatic heterocycles. The number of hydrogen-bond acceptors (Lipinski definition) is 3. The highest BCUT2D eigenvalue weighted by molar-refractivity contribution is 6.03. The molecule has 0 aliphatic carbocycles. The van der Waals surface area contributed by atoms with Crippen LogP contribution in [0.15, 0.2) is 65.5 Å². The van der Waals surface area contributed by atoms with Gasteiger partial charge in [0.2, 0.25) is 11.8 Å². The Hall–Kier alpha value is -3.41. The third-order valence-corrected chi connectivity index (χ3v) is 5.07. The number of H-pyrrole nitrogens is 1. The van der Waals surface area contributed by atoms with E-state index in [1.807, 2.05) is 60.7 Å². The van der Waals surface area contributed by atoms with Crippen molar-refractivity contribution in [2.45, 2.75) is 25.3 Å². The Balaban J connectivity index is 1.42. The molecule has 4 rings (SSSR count). The molecule has 6 heteroatoms. The lowest BCUT2D eigenvalue weighted by molar-refractivity contribution is -0.123. The smallest absolute Gasteiger partial charge is 0.251 e. The van der Waals surface area contributed by atoms with Crippen LogP contribution in [0.4, 0.5) is 5.69 Å². The molecule has 0 bridgehead atoms. The molecular weight excluding hydrogens is 354 g/mol. The lowest BCUT2D eigenvalue weighted by Crippen LogP contribution is -2.45. The number of aromatic amines is 1. The van der Waals surface area contributed by atoms with Gasteiger partial charge in [0.15, 0.2) is 0 Å². The lowest BCUT2D eigenvalue weighted by atomic mass is 10.1. The highest BCUT2D eigenvalue weighted by atomic mass is 16.2. The number of pyridine rings is 1. The molecule has 0 radical (unpaired) electrons. The molecule has 2 N–H and O–H groups in total. The first-order chi connectivity index (χ1) is 13.6. The van der Waals surface area contributed by atoms with Crippen molar-refractivity contribution in [2.75, 3.05) is 11.4 Å². The summed E-state index contributed by atoms with van der Waals surface area (Å²) >= 11 is 0. The first kappa shape index (κ1) is 18.0. The largest absolute Gasteiger partial charge is 0.354 e. The molecule has 6 nitrogen and oxygen atoms in total. The van der Waals surface area contributed by atoms with E-state index >= 15 is 0 Å². The molecule has 0 saturated carbocycles. The second-order valence-electron chi connectivity index (χ2n) is 6.91. The maximum absolute atomic E-state index is 12.7. The van der Waals surface area contributed by atoms with Gasteiger partial charge < -0.3 is 10.3 Å². The second-order valence-corrected chi connectivity index (χ2v) is 6.91. The molecule has 1 atom stereocenters. The van der Waals surface area contributed by atoms with Crippen LogP contribution in [0.5, 0.6) is 0 Å². The number of carbonyl (C=O) groups is 2. The zero-order chi connectivity index (χ0) is 19.5. The van der Waals surface area contributed by atoms with Crippen molar-refractivity contribution in [3.8, 4) is 0 Å². The number of amides is 2. The van der Waals surface area contributed by atoms with Gasteiger partial charge in [-0.1, -0.05) is 36.4 Å². The Labute approximate surface area is 162 Å². The Morgan fingerprint density at radius 3 is 2.64 bits per heavy atom. The highest BCUT2D eigenvalue weighted by Crippen LogP contribution is 2.26. The maximum atomic E-state index is 12.7. The van der Waals surface area contributed by atoms with Gasteiger partial charge in [0.25, 0.3) is 5.56 Å². The van der Waals surface area contributed by atoms with Gasteiger partial charge in [-0.2, -0.15) is 0 Å². The lowest BCUT2D eigenvalue weighted by Gasteiger charge is -2.24. The van der Waals surface area contributed by atoms with E-state index in [9.17, 15) is 14.4 Å². The standard InChI is InChI=1S/C22H21N3O3/c26-20-11-10-19(25(20)17-7-2-1-3-8-17)22(28)23-13-12-16-14-15-6-4-5-9-18(15)24-21(16)27/h1-9,14,19H,10-13H2,(H,23,28)(H,24,27). The summed E-state index contributed by atoms with van der Waals surface area (Å²) in [5.74, 6) is -0.232. The van der Waals surface area contributed by atoms with Crippen LogP contribution in [0.2, 0.25) is 0 Å². The fourth-order valence-electron chi connectivity index (χ4n) is 3.66. The number of nitrogens with zero attached hydrogens (tertiary/aromatic N) is 1. The number of hydrogen-bond donors (Lipinski definition) is 2. The quantitative estimate of drug-likeness (QED) is 0.718. The average Bonchev–Trinajstić information content (AvgIpc) is 3.10. The topological polar surface area (TPSA) is 82.3 Å². The van der Waals surface area contributed by atoms with Crippen LogP contribution in [-0.2, 0) is 16.0 Å². The van der Waals surface area contributed by atoms with Crippen LogP contribution in [0, 0.1) is 0 Å². The zero-order valence-corrected chi connectivity index (χ0v) is 15.4. The van der Waals surface area contributed by atoms with Crippen molar-refractivity contribution in [3.63, 3.8) is 0 Å². The van der Waals surface area contributed by atoms with E-state index < -0.39 is 6.04 Å². The van der Waals surface area contributed by atoms with E-state index in [4.69, 9.17) is 0 Å². The van der Waals surface area contributed by atoms with Gasteiger partial charge in [0.1, 0.15) is 6.04 Å². The van der Waals surface area contributed by atoms with E-state index in [0.29, 0.717) is 31.4 Å². The fraction of sp³-hybridized carbons (Fsp3) is 0.227. The molecule has 28 heavy (non-hydrogen) atoms. The van der Waals surface area contributed by atoms with E-state index in [1.54, 1.807) is 4.90 Å². The molecule has 2 heterocycles. The molecule has 1 fully saturated rings. The fourth-order valence-corrected chi connectivity index (χ4v) is 3.66. The summed E-state index contributed by atoms with van der Waals surface area (Å²) in [7, 11) is 0. The number of nitrogens with one attached hydrogen (secondary N) is 2. The minimum atomic E-state index is -0.509. The van der Waals surface area contributed by atoms with Crippen LogP contribution < -0.4 is 15.8 Å². The van der Waals surface area contributed by atoms with Crippen LogP contribution in [-0.4, -0.2) is 29.4 Å². The summed E-state index contributed by atoms with van der Waals surface area (Å²) < 4.78 is 0. The van der Waals surface area contributed by atoms with Crippen LogP contribution in [0.1, 0.15) is 18.4 Å². The molecule has 142 valence electrons. The van der Waals surface area contributed by atoms with Crippen LogP contribution >= 0.6 is 0 Å². The Kier molecular flexibility index (Phi) is 4.93. The number of carbonyl (C=O) groups excluding carboxylic acids is 2. The minimum Gasteiger partial charge on any atom is -0.354 e. The van der Waals surface area contributed by atoms with Crippen molar-refractivity contribution in [2.24, 2.45) is 0 Å². The van der Waals surface area contributed by atoms with Gasteiger partial charge in [0.05, 0.1) is 0 Å². The number of rotatable bonds is 5. The summed E-state index contributed by atoms with van der Waals surface area (Å²) in [5, 5.41) is 3.84. The van der Waals surface area contributed by atoms with E-state index in [0.717, 1.165) is 16.6 Å². The minimum absolute atomic E-state index is 0.0441. The number of aromatic nitrogens is 1. The number of para-hydroxylation sites is 2. The van der Waals surface area contributed by atoms with E-state index in [-0.39, 0.29) is 17.4 Å². The van der Waals surface area contributed by atoms with Crippen molar-refractivity contribution in [1.82, 2.24) is 10.3 Å². The molecular formula is C22H21N3O3. The van der Waals surface area contributed by atoms with Gasteiger partial charge in [-0.3, -0.25) is 19.3 Å². The van der Waals surface area contributed by atoms with Crippen LogP contribution in [0.3, 0.4) is 0 Å². The summed E-state index contributed by atoms with van der Waals surface area (Å²) in [6.07, 6.45) is 1.28. The molecule has 1 aliphatic rings. The highest BCUT2D eigenvalue weighted by Gasteiger charge is 2.36. The Morgan fingerprint density at radius 1 is 1.07 bits per heavy atom. The summed E-state index contributed by atoms with van der Waals surface area (Å²) in [4.78, 5) is 41.6. The summed E-state index contributed by atoms with van der Waals surface area (Å²) in [5.41, 5.74) is 2.01. The second kappa shape index (κ2) is 7.68. The molecule has 3 aromatic rings. The van der Waals surface area contributed by atoms with E-state index in [2.05, 4.69) is 10.3 Å². The van der Waals surface area contributed by atoms with Crippen molar-refractivity contribution < 1.29 is 9.59 Å². The van der Waals surface area contributed by atoms with Gasteiger partial charge in [-0.05, 0) is 42.5 Å².